The molecule has 0 amide bonds. The molecule has 1 N–H and O–H groups in total. The lowest BCUT2D eigenvalue weighted by Gasteiger charge is -2.50. The first-order valence-electron chi connectivity index (χ1n) is 10.0. The third kappa shape index (κ3) is 2.28. The molecule has 1 heterocycles. The molecule has 2 aliphatic rings. The van der Waals surface area contributed by atoms with Gasteiger partial charge in [-0.25, -0.2) is 0 Å². The average molecular weight is 362 g/mol. The topological polar surface area (TPSA) is 32.9 Å². The van der Waals surface area contributed by atoms with Crippen LogP contribution in [-0.4, -0.2) is 10.8 Å². The zero-order valence-electron chi connectivity index (χ0n) is 17.3. The van der Waals surface area contributed by atoms with Crippen molar-refractivity contribution in [2.24, 2.45) is 11.3 Å². The number of carbonyl (C=O) groups is 1. The van der Waals surface area contributed by atoms with Crippen LogP contribution in [-0.2, 0) is 15.6 Å². The Kier molecular flexibility index (Phi) is 3.70. The molecule has 0 unspecified atom stereocenters. The number of rotatable bonds is 3. The Bertz CT molecular complexity index is 974. The normalized spacial score (nSPS) is 29.4. The van der Waals surface area contributed by atoms with Gasteiger partial charge in [0, 0.05) is 33.8 Å². The van der Waals surface area contributed by atoms with Crippen molar-refractivity contribution in [3.05, 3.63) is 60.3 Å². The summed E-state index contributed by atoms with van der Waals surface area (Å²) in [6.07, 6.45) is 7.91. The van der Waals surface area contributed by atoms with E-state index in [0.29, 0.717) is 11.7 Å². The molecule has 1 saturated carbocycles. The van der Waals surface area contributed by atoms with E-state index in [2.05, 4.69) is 71.1 Å². The minimum Gasteiger partial charge on any atom is -0.361 e. The number of allylic oxidation sites excluding steroid dienone is 2. The van der Waals surface area contributed by atoms with Gasteiger partial charge >= 0.3 is 0 Å². The van der Waals surface area contributed by atoms with Gasteiger partial charge in [-0.3, -0.25) is 4.79 Å². The number of benzene rings is 1. The van der Waals surface area contributed by atoms with E-state index in [-0.39, 0.29) is 16.7 Å². The fourth-order valence-corrected chi connectivity index (χ4v) is 5.36. The number of ketones is 1. The molecule has 2 nitrogen and oxygen atoms in total. The minimum atomic E-state index is -0.414. The van der Waals surface area contributed by atoms with Crippen LogP contribution >= 0.6 is 0 Å². The molecule has 142 valence electrons. The van der Waals surface area contributed by atoms with Crippen molar-refractivity contribution >= 4 is 16.7 Å². The Labute approximate surface area is 162 Å². The van der Waals surface area contributed by atoms with E-state index in [1.807, 2.05) is 12.2 Å². The Morgan fingerprint density at radius 3 is 2.56 bits per heavy atom. The number of Topliss-reactive ketones (excluding diaryl/α,β-unsaturated/α-hetero) is 1. The molecule has 4 rings (SSSR count). The first-order chi connectivity index (χ1) is 12.6. The van der Waals surface area contributed by atoms with Crippen LogP contribution in [0.15, 0.2) is 43.6 Å². The van der Waals surface area contributed by atoms with Crippen LogP contribution in [0.2, 0.25) is 0 Å². The molecule has 1 fully saturated rings. The molecule has 2 aliphatic carbocycles. The lowest BCUT2D eigenvalue weighted by Crippen LogP contribution is -2.48. The summed E-state index contributed by atoms with van der Waals surface area (Å²) >= 11 is 0. The highest BCUT2D eigenvalue weighted by Crippen LogP contribution is 2.58. The van der Waals surface area contributed by atoms with Crippen LogP contribution in [0.25, 0.3) is 10.9 Å². The molecule has 0 spiro atoms. The maximum atomic E-state index is 13.5. The van der Waals surface area contributed by atoms with Crippen LogP contribution in [0.3, 0.4) is 0 Å². The molecular weight excluding hydrogens is 330 g/mol. The highest BCUT2D eigenvalue weighted by Gasteiger charge is 2.53. The molecule has 1 aromatic carbocycles. The summed E-state index contributed by atoms with van der Waals surface area (Å²) in [7, 11) is 0. The van der Waals surface area contributed by atoms with E-state index in [9.17, 15) is 4.79 Å². The predicted molar refractivity (Wildman–Crippen MR) is 113 cm³/mol. The lowest BCUT2D eigenvalue weighted by atomic mass is 9.52. The largest absolute Gasteiger partial charge is 0.361 e. The smallest absolute Gasteiger partial charge is 0.150 e. The molecule has 3 atom stereocenters. The summed E-state index contributed by atoms with van der Waals surface area (Å²) in [5, 5.41) is 1.26. The van der Waals surface area contributed by atoms with Gasteiger partial charge in [0.15, 0.2) is 0 Å². The van der Waals surface area contributed by atoms with Crippen molar-refractivity contribution in [2.45, 2.75) is 64.2 Å². The predicted octanol–water partition coefficient (Wildman–Crippen LogP) is 6.18. The Morgan fingerprint density at radius 1 is 1.22 bits per heavy atom. The van der Waals surface area contributed by atoms with Crippen molar-refractivity contribution in [1.82, 2.24) is 4.98 Å². The highest BCUT2D eigenvalue weighted by molar-refractivity contribution is 6.00. The molecule has 0 saturated heterocycles. The number of carbonyl (C=O) groups excluding carboxylic acids is 1. The molecular formula is C25H31NO. The molecule has 2 aromatic rings. The molecule has 0 bridgehead atoms. The van der Waals surface area contributed by atoms with E-state index in [4.69, 9.17) is 0 Å². The van der Waals surface area contributed by atoms with Crippen molar-refractivity contribution in [2.75, 3.05) is 0 Å². The van der Waals surface area contributed by atoms with Crippen molar-refractivity contribution in [1.29, 1.82) is 0 Å². The maximum absolute atomic E-state index is 13.5. The molecule has 0 radical (unpaired) electrons. The summed E-state index contributed by atoms with van der Waals surface area (Å²) in [6.45, 7) is 19.1. The second-order valence-corrected chi connectivity index (χ2v) is 9.95. The number of hydrogen-bond donors (Lipinski definition) is 1. The second kappa shape index (κ2) is 5.47. The number of aromatic nitrogens is 1. The molecule has 27 heavy (non-hydrogen) atoms. The van der Waals surface area contributed by atoms with Gasteiger partial charge in [0.2, 0.25) is 0 Å². The third-order valence-corrected chi connectivity index (χ3v) is 7.69. The van der Waals surface area contributed by atoms with Crippen molar-refractivity contribution in [3.63, 3.8) is 0 Å². The molecule has 2 heteroatoms. The van der Waals surface area contributed by atoms with Crippen molar-refractivity contribution in [3.8, 4) is 0 Å². The van der Waals surface area contributed by atoms with E-state index in [0.717, 1.165) is 18.4 Å². The first kappa shape index (κ1) is 18.3. The van der Waals surface area contributed by atoms with Crippen LogP contribution in [0.5, 0.6) is 0 Å². The van der Waals surface area contributed by atoms with Crippen LogP contribution in [0.1, 0.15) is 70.1 Å². The second-order valence-electron chi connectivity index (χ2n) is 9.95. The summed E-state index contributed by atoms with van der Waals surface area (Å²) < 4.78 is 0. The van der Waals surface area contributed by atoms with Crippen molar-refractivity contribution < 1.29 is 4.79 Å². The van der Waals surface area contributed by atoms with Gasteiger partial charge in [-0.15, -0.1) is 13.2 Å². The number of aromatic amines is 1. The minimum absolute atomic E-state index is 0.0451. The summed E-state index contributed by atoms with van der Waals surface area (Å²) in [5.74, 6) is 0.617. The Morgan fingerprint density at radius 2 is 1.93 bits per heavy atom. The zero-order chi connectivity index (χ0) is 19.8. The summed E-state index contributed by atoms with van der Waals surface area (Å²) in [5.41, 5.74) is 4.41. The standard InChI is InChI=1S/C25H31NO/c1-8-23(3,4)15-12-18-20-16(14-26-19(20)13-15)21-17(24(18,5)6)10-11-25(7,9-2)22(21)27/h8-9,12-14,17,21,26H,1-2,10-11H2,3-7H3/t17-,21+,25-/m0/s1. The van der Waals surface area contributed by atoms with Crippen LogP contribution < -0.4 is 0 Å². The van der Waals surface area contributed by atoms with Gasteiger partial charge < -0.3 is 4.98 Å². The van der Waals surface area contributed by atoms with E-state index < -0.39 is 5.41 Å². The highest BCUT2D eigenvalue weighted by atomic mass is 16.1. The van der Waals surface area contributed by atoms with Crippen LogP contribution in [0, 0.1) is 11.3 Å². The van der Waals surface area contributed by atoms with Gasteiger partial charge in [-0.1, -0.05) is 45.9 Å². The summed E-state index contributed by atoms with van der Waals surface area (Å²) in [6, 6.07) is 4.60. The zero-order valence-corrected chi connectivity index (χ0v) is 17.3. The Balaban J connectivity index is 2.01. The van der Waals surface area contributed by atoms with Gasteiger partial charge in [0.25, 0.3) is 0 Å². The monoisotopic (exact) mass is 361 g/mol. The quantitative estimate of drug-likeness (QED) is 0.651. The maximum Gasteiger partial charge on any atom is 0.150 e. The fraction of sp³-hybridized carbons (Fsp3) is 0.480. The molecule has 0 aliphatic heterocycles. The van der Waals surface area contributed by atoms with Gasteiger partial charge in [-0.05, 0) is 53.9 Å². The summed E-state index contributed by atoms with van der Waals surface area (Å²) in [4.78, 5) is 17.0. The first-order valence-corrected chi connectivity index (χ1v) is 10.0. The number of H-pyrrole nitrogens is 1. The SMILES string of the molecule is C=CC(C)(C)c1cc2c3c(c[nH]c3c1)[C@H]1C(=O)[C@@](C)(C=C)CC[C@@H]1C2(C)C. The average Bonchev–Trinajstić information content (AvgIpc) is 3.06. The van der Waals surface area contributed by atoms with Crippen LogP contribution in [0.4, 0.5) is 0 Å². The number of hydrogen-bond acceptors (Lipinski definition) is 1. The van der Waals surface area contributed by atoms with E-state index in [1.165, 1.54) is 22.1 Å². The van der Waals surface area contributed by atoms with E-state index >= 15 is 0 Å². The molecule has 1 aromatic heterocycles. The number of fused-ring (bicyclic) bond motifs is 2. The van der Waals surface area contributed by atoms with Gasteiger partial charge in [-0.2, -0.15) is 0 Å². The number of nitrogens with one attached hydrogen (secondary N) is 1. The Hall–Kier alpha value is -2.09. The van der Waals surface area contributed by atoms with Gasteiger partial charge in [0.1, 0.15) is 5.78 Å². The fourth-order valence-electron chi connectivity index (χ4n) is 5.36. The van der Waals surface area contributed by atoms with Gasteiger partial charge in [0.05, 0.1) is 0 Å². The third-order valence-electron chi connectivity index (χ3n) is 7.69. The van der Waals surface area contributed by atoms with E-state index in [1.54, 1.807) is 0 Å². The lowest BCUT2D eigenvalue weighted by molar-refractivity contribution is -0.132.